The van der Waals surface area contributed by atoms with E-state index in [1.165, 1.54) is 17.0 Å². The van der Waals surface area contributed by atoms with Crippen molar-refractivity contribution < 1.29 is 9.13 Å². The molecule has 0 saturated heterocycles. The summed E-state index contributed by atoms with van der Waals surface area (Å²) in [5.41, 5.74) is 9.67. The number of hydrogen-bond acceptors (Lipinski definition) is 4. The Morgan fingerprint density at radius 3 is 2.86 bits per heavy atom. The monoisotopic (exact) mass is 308 g/mol. The first-order valence-corrected chi connectivity index (χ1v) is 8.03. The zero-order valence-corrected chi connectivity index (χ0v) is 13.3. The predicted molar refractivity (Wildman–Crippen MR) is 84.4 cm³/mol. The molecule has 21 heavy (non-hydrogen) atoms. The minimum absolute atomic E-state index is 0.0551. The summed E-state index contributed by atoms with van der Waals surface area (Å²) in [6.07, 6.45) is 2.33. The first-order valence-electron chi connectivity index (χ1n) is 7.15. The lowest BCUT2D eigenvalue weighted by atomic mass is 10.0. The van der Waals surface area contributed by atoms with Gasteiger partial charge in [-0.3, -0.25) is 0 Å². The Labute approximate surface area is 129 Å². The minimum atomic E-state index is -0.278. The van der Waals surface area contributed by atoms with Gasteiger partial charge in [-0.25, -0.2) is 9.37 Å². The Bertz CT molecular complexity index is 585. The van der Waals surface area contributed by atoms with Crippen molar-refractivity contribution >= 4 is 11.3 Å². The molecular formula is C16H21FN2OS. The Hall–Kier alpha value is -1.46. The van der Waals surface area contributed by atoms with Crippen molar-refractivity contribution in [3.8, 4) is 5.75 Å². The van der Waals surface area contributed by atoms with Gasteiger partial charge in [0.25, 0.3) is 0 Å². The molecule has 1 unspecified atom stereocenters. The van der Waals surface area contributed by atoms with E-state index in [0.29, 0.717) is 18.8 Å². The molecule has 0 aliphatic heterocycles. The lowest BCUT2D eigenvalue weighted by Gasteiger charge is -2.11. The number of hydrogen-bond donors (Lipinski definition) is 1. The number of aryl methyl sites for hydroxylation is 1. The molecule has 5 heteroatoms. The normalized spacial score (nSPS) is 12.4. The second-order valence-corrected chi connectivity index (χ2v) is 6.07. The second-order valence-electron chi connectivity index (χ2n) is 5.13. The van der Waals surface area contributed by atoms with Crippen molar-refractivity contribution in [1.82, 2.24) is 4.98 Å². The molecule has 2 N–H and O–H groups in total. The van der Waals surface area contributed by atoms with Gasteiger partial charge in [-0.1, -0.05) is 6.92 Å². The average Bonchev–Trinajstić information content (AvgIpc) is 2.84. The number of rotatable bonds is 7. The highest BCUT2D eigenvalue weighted by Crippen LogP contribution is 2.19. The number of thiazole rings is 1. The van der Waals surface area contributed by atoms with Crippen molar-refractivity contribution in [1.29, 1.82) is 0 Å². The van der Waals surface area contributed by atoms with E-state index < -0.39 is 0 Å². The number of aromatic nitrogens is 1. The Morgan fingerprint density at radius 2 is 2.19 bits per heavy atom. The van der Waals surface area contributed by atoms with Crippen LogP contribution in [-0.4, -0.2) is 17.6 Å². The average molecular weight is 308 g/mol. The van der Waals surface area contributed by atoms with Gasteiger partial charge in [0.05, 0.1) is 17.8 Å². The van der Waals surface area contributed by atoms with Gasteiger partial charge in [0.2, 0.25) is 0 Å². The molecule has 0 aliphatic rings. The molecule has 0 fully saturated rings. The van der Waals surface area contributed by atoms with Crippen LogP contribution in [0.4, 0.5) is 4.39 Å². The van der Waals surface area contributed by atoms with E-state index >= 15 is 0 Å². The molecule has 2 aromatic rings. The zero-order chi connectivity index (χ0) is 15.2. The molecule has 0 spiro atoms. The Morgan fingerprint density at radius 1 is 1.38 bits per heavy atom. The van der Waals surface area contributed by atoms with Crippen molar-refractivity contribution in [2.45, 2.75) is 39.2 Å². The smallest absolute Gasteiger partial charge is 0.127 e. The van der Waals surface area contributed by atoms with Crippen molar-refractivity contribution in [3.05, 3.63) is 45.7 Å². The van der Waals surface area contributed by atoms with Crippen LogP contribution < -0.4 is 10.5 Å². The van der Waals surface area contributed by atoms with Gasteiger partial charge in [0.15, 0.2) is 0 Å². The fourth-order valence-electron chi connectivity index (χ4n) is 2.10. The molecule has 0 saturated carbocycles. The van der Waals surface area contributed by atoms with Crippen LogP contribution in [0, 0.1) is 12.7 Å². The summed E-state index contributed by atoms with van der Waals surface area (Å²) in [6.45, 7) is 4.53. The fourth-order valence-corrected chi connectivity index (χ4v) is 2.86. The van der Waals surface area contributed by atoms with Crippen LogP contribution in [0.25, 0.3) is 0 Å². The number of ether oxygens (including phenoxy) is 1. The zero-order valence-electron chi connectivity index (χ0n) is 12.4. The van der Waals surface area contributed by atoms with Gasteiger partial charge in [0.1, 0.15) is 11.6 Å². The van der Waals surface area contributed by atoms with Gasteiger partial charge in [-0.05, 0) is 37.5 Å². The highest BCUT2D eigenvalue weighted by atomic mass is 32.1. The maximum atomic E-state index is 13.6. The third kappa shape index (κ3) is 4.79. The molecule has 3 nitrogen and oxygen atoms in total. The quantitative estimate of drug-likeness (QED) is 0.851. The van der Waals surface area contributed by atoms with Crippen molar-refractivity contribution in [3.63, 3.8) is 0 Å². The molecule has 2 rings (SSSR count). The predicted octanol–water partition coefficient (Wildman–Crippen LogP) is 3.49. The molecule has 1 heterocycles. The molecular weight excluding hydrogens is 287 g/mol. The summed E-state index contributed by atoms with van der Waals surface area (Å²) in [5, 5.41) is 0. The van der Waals surface area contributed by atoms with E-state index in [2.05, 4.69) is 4.98 Å². The van der Waals surface area contributed by atoms with Gasteiger partial charge in [0, 0.05) is 23.4 Å². The summed E-state index contributed by atoms with van der Waals surface area (Å²) in [7, 11) is 0. The molecule has 0 amide bonds. The third-order valence-electron chi connectivity index (χ3n) is 3.40. The minimum Gasteiger partial charge on any atom is -0.493 e. The molecule has 114 valence electrons. The standard InChI is InChI=1S/C16H21FN2OS/c1-3-14(18)7-12-6-13(17)9-15(8-12)20-5-4-16-11(2)19-10-21-16/h6,8-10,14H,3-5,7,18H2,1-2H3. The van der Waals surface area contributed by atoms with Crippen LogP contribution in [-0.2, 0) is 12.8 Å². The summed E-state index contributed by atoms with van der Waals surface area (Å²) in [6, 6.07) is 4.87. The summed E-state index contributed by atoms with van der Waals surface area (Å²) in [4.78, 5) is 5.41. The van der Waals surface area contributed by atoms with Gasteiger partial charge >= 0.3 is 0 Å². The highest BCUT2D eigenvalue weighted by molar-refractivity contribution is 7.09. The van der Waals surface area contributed by atoms with E-state index in [-0.39, 0.29) is 11.9 Å². The van der Waals surface area contributed by atoms with Crippen molar-refractivity contribution in [2.24, 2.45) is 5.73 Å². The van der Waals surface area contributed by atoms with E-state index in [4.69, 9.17) is 10.5 Å². The Kier molecular flexibility index (Phi) is 5.70. The van der Waals surface area contributed by atoms with Crippen LogP contribution >= 0.6 is 11.3 Å². The number of nitrogens with two attached hydrogens (primary N) is 1. The van der Waals surface area contributed by atoms with Gasteiger partial charge < -0.3 is 10.5 Å². The fraction of sp³-hybridized carbons (Fsp3) is 0.438. The SMILES string of the molecule is CCC(N)Cc1cc(F)cc(OCCc2scnc2C)c1. The van der Waals surface area contributed by atoms with Gasteiger partial charge in [-0.15, -0.1) is 11.3 Å². The second kappa shape index (κ2) is 7.52. The van der Waals surface area contributed by atoms with Crippen LogP contribution in [0.3, 0.4) is 0 Å². The maximum Gasteiger partial charge on any atom is 0.127 e. The van der Waals surface area contributed by atoms with Crippen LogP contribution in [0.15, 0.2) is 23.7 Å². The molecule has 0 radical (unpaired) electrons. The number of halogens is 1. The summed E-state index contributed by atoms with van der Waals surface area (Å²) in [5.74, 6) is 0.287. The highest BCUT2D eigenvalue weighted by Gasteiger charge is 2.07. The van der Waals surface area contributed by atoms with Crippen LogP contribution in [0.2, 0.25) is 0 Å². The van der Waals surface area contributed by atoms with Crippen LogP contribution in [0.5, 0.6) is 5.75 Å². The van der Waals surface area contributed by atoms with E-state index in [9.17, 15) is 4.39 Å². The number of benzene rings is 1. The topological polar surface area (TPSA) is 48.1 Å². The summed E-state index contributed by atoms with van der Waals surface area (Å²) < 4.78 is 19.3. The first kappa shape index (κ1) is 15.9. The first-order chi connectivity index (χ1) is 10.1. The molecule has 0 aliphatic carbocycles. The molecule has 1 aromatic carbocycles. The maximum absolute atomic E-state index is 13.6. The Balaban J connectivity index is 1.95. The summed E-state index contributed by atoms with van der Waals surface area (Å²) >= 11 is 1.62. The molecule has 0 bridgehead atoms. The molecule has 1 atom stereocenters. The van der Waals surface area contributed by atoms with E-state index in [0.717, 1.165) is 24.1 Å². The molecule has 1 aromatic heterocycles. The van der Waals surface area contributed by atoms with E-state index in [1.807, 2.05) is 25.4 Å². The van der Waals surface area contributed by atoms with Crippen molar-refractivity contribution in [2.75, 3.05) is 6.61 Å². The lowest BCUT2D eigenvalue weighted by molar-refractivity contribution is 0.320. The van der Waals surface area contributed by atoms with E-state index in [1.54, 1.807) is 11.3 Å². The van der Waals surface area contributed by atoms with Gasteiger partial charge in [-0.2, -0.15) is 0 Å². The third-order valence-corrected chi connectivity index (χ3v) is 4.39. The number of nitrogens with zero attached hydrogens (tertiary/aromatic N) is 1. The largest absolute Gasteiger partial charge is 0.493 e. The van der Waals surface area contributed by atoms with Crippen LogP contribution in [0.1, 0.15) is 29.5 Å². The lowest BCUT2D eigenvalue weighted by Crippen LogP contribution is -2.21.